The molecule has 3 nitrogen and oxygen atoms in total. The molecular weight excluding hydrogens is 234 g/mol. The van der Waals surface area contributed by atoms with E-state index in [9.17, 15) is 0 Å². The highest BCUT2D eigenvalue weighted by Gasteiger charge is 2.17. The Balaban J connectivity index is 2.02. The molecule has 0 aromatic heterocycles. The zero-order valence-corrected chi connectivity index (χ0v) is 13.4. The van der Waals surface area contributed by atoms with Crippen LogP contribution in [0.3, 0.4) is 0 Å². The number of hydrogen-bond acceptors (Lipinski definition) is 3. The molecule has 0 saturated carbocycles. The van der Waals surface area contributed by atoms with Crippen molar-refractivity contribution in [3.05, 3.63) is 11.6 Å². The number of rotatable bonds is 8. The second kappa shape index (κ2) is 9.51. The normalized spacial score (nSPS) is 17.9. The first kappa shape index (κ1) is 16.7. The van der Waals surface area contributed by atoms with Crippen molar-refractivity contribution in [1.29, 1.82) is 0 Å². The number of unbranched alkanes of at least 4 members (excludes halogenated alkanes) is 1. The van der Waals surface area contributed by atoms with Crippen molar-refractivity contribution in [3.63, 3.8) is 0 Å². The molecule has 0 aliphatic carbocycles. The molecule has 1 N–H and O–H groups in total. The van der Waals surface area contributed by atoms with Crippen molar-refractivity contribution in [3.8, 4) is 0 Å². The number of nitrogens with zero attached hydrogens (tertiary/aromatic N) is 2. The van der Waals surface area contributed by atoms with Crippen LogP contribution in [-0.2, 0) is 0 Å². The first-order valence-electron chi connectivity index (χ1n) is 7.81. The molecular formula is C16H33N3. The van der Waals surface area contributed by atoms with E-state index in [1.54, 1.807) is 0 Å². The summed E-state index contributed by atoms with van der Waals surface area (Å²) in [4.78, 5) is 4.83. The van der Waals surface area contributed by atoms with Gasteiger partial charge in [0.25, 0.3) is 0 Å². The molecule has 0 atom stereocenters. The van der Waals surface area contributed by atoms with Crippen LogP contribution in [0, 0.1) is 0 Å². The van der Waals surface area contributed by atoms with Gasteiger partial charge >= 0.3 is 0 Å². The lowest BCUT2D eigenvalue weighted by molar-refractivity contribution is 0.214. The van der Waals surface area contributed by atoms with Gasteiger partial charge in [-0.3, -0.25) is 4.90 Å². The van der Waals surface area contributed by atoms with Gasteiger partial charge in [0.05, 0.1) is 0 Å². The molecule has 3 heteroatoms. The average molecular weight is 267 g/mol. The van der Waals surface area contributed by atoms with Gasteiger partial charge in [-0.1, -0.05) is 11.6 Å². The average Bonchev–Trinajstić information content (AvgIpc) is 2.37. The van der Waals surface area contributed by atoms with Crippen LogP contribution in [0.4, 0.5) is 0 Å². The number of likely N-dealkylation sites (tertiary alicyclic amines) is 1. The van der Waals surface area contributed by atoms with Crippen LogP contribution in [0.5, 0.6) is 0 Å². The van der Waals surface area contributed by atoms with Gasteiger partial charge in [-0.15, -0.1) is 0 Å². The van der Waals surface area contributed by atoms with Crippen molar-refractivity contribution in [1.82, 2.24) is 15.1 Å². The molecule has 19 heavy (non-hydrogen) atoms. The summed E-state index contributed by atoms with van der Waals surface area (Å²) in [5, 5.41) is 3.72. The number of piperidine rings is 1. The molecule has 112 valence electrons. The van der Waals surface area contributed by atoms with E-state index in [0.717, 1.165) is 12.6 Å². The second-order valence-corrected chi connectivity index (χ2v) is 6.32. The van der Waals surface area contributed by atoms with Gasteiger partial charge in [0, 0.05) is 12.6 Å². The third kappa shape index (κ3) is 8.40. The van der Waals surface area contributed by atoms with Gasteiger partial charge in [0.15, 0.2) is 0 Å². The highest BCUT2D eigenvalue weighted by molar-refractivity contribution is 4.95. The van der Waals surface area contributed by atoms with Crippen LogP contribution in [0.1, 0.15) is 39.5 Å². The Morgan fingerprint density at radius 3 is 2.47 bits per heavy atom. The van der Waals surface area contributed by atoms with Gasteiger partial charge in [0.2, 0.25) is 0 Å². The van der Waals surface area contributed by atoms with E-state index < -0.39 is 0 Å². The lowest BCUT2D eigenvalue weighted by Gasteiger charge is -2.31. The zero-order chi connectivity index (χ0) is 14.1. The molecule has 0 unspecified atom stereocenters. The Labute approximate surface area is 120 Å². The summed E-state index contributed by atoms with van der Waals surface area (Å²) >= 11 is 0. The highest BCUT2D eigenvalue weighted by atomic mass is 15.1. The highest BCUT2D eigenvalue weighted by Crippen LogP contribution is 2.10. The van der Waals surface area contributed by atoms with Crippen molar-refractivity contribution >= 4 is 0 Å². The topological polar surface area (TPSA) is 18.5 Å². The molecule has 1 aliphatic rings. The molecule has 1 saturated heterocycles. The molecule has 0 amide bonds. The monoisotopic (exact) mass is 267 g/mol. The van der Waals surface area contributed by atoms with Crippen LogP contribution in [0.15, 0.2) is 11.6 Å². The minimum Gasteiger partial charge on any atom is -0.314 e. The quantitative estimate of drug-likeness (QED) is 0.538. The molecule has 1 heterocycles. The smallest absolute Gasteiger partial charge is 0.0165 e. The molecule has 0 bridgehead atoms. The molecule has 0 radical (unpaired) electrons. The van der Waals surface area contributed by atoms with Crippen LogP contribution in [0.25, 0.3) is 0 Å². The van der Waals surface area contributed by atoms with Gasteiger partial charge in [-0.05, 0) is 79.8 Å². The fourth-order valence-corrected chi connectivity index (χ4v) is 2.49. The molecule has 0 aromatic carbocycles. The summed E-state index contributed by atoms with van der Waals surface area (Å²) < 4.78 is 0. The van der Waals surface area contributed by atoms with Crippen molar-refractivity contribution in [2.45, 2.75) is 45.6 Å². The van der Waals surface area contributed by atoms with E-state index in [0.29, 0.717) is 0 Å². The van der Waals surface area contributed by atoms with E-state index in [-0.39, 0.29) is 0 Å². The van der Waals surface area contributed by atoms with Gasteiger partial charge in [-0.25, -0.2) is 0 Å². The summed E-state index contributed by atoms with van der Waals surface area (Å²) in [6.45, 7) is 10.4. The third-order valence-corrected chi connectivity index (χ3v) is 3.81. The molecule has 1 rings (SSSR count). The van der Waals surface area contributed by atoms with E-state index >= 15 is 0 Å². The maximum atomic E-state index is 3.72. The third-order valence-electron chi connectivity index (χ3n) is 3.81. The van der Waals surface area contributed by atoms with Crippen LogP contribution in [-0.4, -0.2) is 62.7 Å². The molecule has 1 aliphatic heterocycles. The van der Waals surface area contributed by atoms with Gasteiger partial charge in [-0.2, -0.15) is 0 Å². The van der Waals surface area contributed by atoms with E-state index in [2.05, 4.69) is 49.1 Å². The van der Waals surface area contributed by atoms with Gasteiger partial charge < -0.3 is 10.2 Å². The summed E-state index contributed by atoms with van der Waals surface area (Å²) in [7, 11) is 4.30. The largest absolute Gasteiger partial charge is 0.314 e. The Morgan fingerprint density at radius 1 is 1.21 bits per heavy atom. The number of hydrogen-bond donors (Lipinski definition) is 1. The van der Waals surface area contributed by atoms with Crippen LogP contribution < -0.4 is 5.32 Å². The van der Waals surface area contributed by atoms with Crippen LogP contribution >= 0.6 is 0 Å². The summed E-state index contributed by atoms with van der Waals surface area (Å²) in [5.74, 6) is 0. The fraction of sp³-hybridized carbons (Fsp3) is 0.875. The fourth-order valence-electron chi connectivity index (χ4n) is 2.49. The molecule has 0 aromatic rings. The SMILES string of the molecule is CC(C)=CCN1CCC(NCCCCN(C)C)CC1. The maximum absolute atomic E-state index is 3.72. The predicted octanol–water partition coefficient (Wildman–Crippen LogP) is 2.35. The Morgan fingerprint density at radius 2 is 1.89 bits per heavy atom. The zero-order valence-electron chi connectivity index (χ0n) is 13.4. The van der Waals surface area contributed by atoms with Crippen molar-refractivity contribution < 1.29 is 0 Å². The van der Waals surface area contributed by atoms with Gasteiger partial charge in [0.1, 0.15) is 0 Å². The molecule has 1 fully saturated rings. The standard InChI is InChI=1S/C16H33N3/c1-15(2)7-12-19-13-8-16(9-14-19)17-10-5-6-11-18(3)4/h7,16-17H,5-6,8-14H2,1-4H3. The number of allylic oxidation sites excluding steroid dienone is 1. The van der Waals surface area contributed by atoms with Crippen LogP contribution in [0.2, 0.25) is 0 Å². The molecule has 0 spiro atoms. The Hall–Kier alpha value is -0.380. The summed E-state index contributed by atoms with van der Waals surface area (Å²) in [6, 6.07) is 0.752. The van der Waals surface area contributed by atoms with E-state index in [1.807, 2.05) is 0 Å². The predicted molar refractivity (Wildman–Crippen MR) is 84.7 cm³/mol. The summed E-state index contributed by atoms with van der Waals surface area (Å²) in [6.07, 6.45) is 7.57. The van der Waals surface area contributed by atoms with Crippen molar-refractivity contribution in [2.75, 3.05) is 46.8 Å². The lowest BCUT2D eigenvalue weighted by Crippen LogP contribution is -2.42. The Bertz CT molecular complexity index is 249. The minimum atomic E-state index is 0.752. The van der Waals surface area contributed by atoms with E-state index in [4.69, 9.17) is 0 Å². The maximum Gasteiger partial charge on any atom is 0.0165 e. The number of nitrogens with one attached hydrogen (secondary N) is 1. The lowest BCUT2D eigenvalue weighted by atomic mass is 10.0. The van der Waals surface area contributed by atoms with E-state index in [1.165, 1.54) is 57.4 Å². The first-order chi connectivity index (χ1) is 9.08. The second-order valence-electron chi connectivity index (χ2n) is 6.32. The first-order valence-corrected chi connectivity index (χ1v) is 7.81. The Kier molecular flexibility index (Phi) is 8.35. The van der Waals surface area contributed by atoms with Crippen molar-refractivity contribution in [2.24, 2.45) is 0 Å². The summed E-state index contributed by atoms with van der Waals surface area (Å²) in [5.41, 5.74) is 1.43. The minimum absolute atomic E-state index is 0.752.